The number of primary amides is 1. The first kappa shape index (κ1) is 30.6. The number of nitrogens with zero attached hydrogens (tertiary/aromatic N) is 1. The predicted molar refractivity (Wildman–Crippen MR) is 163 cm³/mol. The number of carbonyl (C=O) groups excluding carboxylic acids is 4. The van der Waals surface area contributed by atoms with Crippen LogP contribution in [0.5, 0.6) is 0 Å². The van der Waals surface area contributed by atoms with Crippen LogP contribution in [-0.2, 0) is 19.1 Å². The number of amides is 4. The van der Waals surface area contributed by atoms with Gasteiger partial charge in [0.05, 0.1) is 6.42 Å². The minimum absolute atomic E-state index is 0.263. The second kappa shape index (κ2) is 12.6. The van der Waals surface area contributed by atoms with Gasteiger partial charge in [0.25, 0.3) is 5.91 Å². The molecule has 4 rings (SSSR count). The average Bonchev–Trinajstić information content (AvgIpc) is 2.87. The lowest BCUT2D eigenvalue weighted by molar-refractivity contribution is -0.146. The molecule has 1 aliphatic rings. The maximum atomic E-state index is 14.3. The zero-order chi connectivity index (χ0) is 30.6. The summed E-state index contributed by atoms with van der Waals surface area (Å²) in [6.07, 6.45) is 0.977. The molecule has 0 spiro atoms. The zero-order valence-corrected chi connectivity index (χ0v) is 24.9. The van der Waals surface area contributed by atoms with Crippen LogP contribution in [0, 0.1) is 13.8 Å². The fourth-order valence-electron chi connectivity index (χ4n) is 5.16. The molecule has 1 aliphatic carbocycles. The topological polar surface area (TPSA) is 131 Å². The highest BCUT2D eigenvalue weighted by atomic mass is 16.6. The number of rotatable bonds is 9. The van der Waals surface area contributed by atoms with Gasteiger partial charge in [0.2, 0.25) is 11.8 Å². The van der Waals surface area contributed by atoms with E-state index in [1.807, 2.05) is 74.5 Å². The van der Waals surface area contributed by atoms with Crippen molar-refractivity contribution in [2.75, 3.05) is 5.32 Å². The summed E-state index contributed by atoms with van der Waals surface area (Å²) < 4.78 is 5.37. The number of nitrogens with two attached hydrogens (primary N) is 1. The molecule has 222 valence electrons. The molecule has 1 saturated carbocycles. The molecule has 9 nitrogen and oxygen atoms in total. The van der Waals surface area contributed by atoms with Gasteiger partial charge in [-0.2, -0.15) is 0 Å². The molecule has 42 heavy (non-hydrogen) atoms. The van der Waals surface area contributed by atoms with Crippen LogP contribution >= 0.6 is 0 Å². The molecule has 1 fully saturated rings. The first-order valence-corrected chi connectivity index (χ1v) is 14.3. The standard InChI is InChI=1S/C33H40N4O5/c1-20-13-14-21(2)26(17-20)29(30(39)35-24-16-15-22-9-6-7-10-23(22)18-24)37(25-11-8-12-25)31(40)27(19-28(34)38)36-32(41)42-33(3,4)5/h6-7,9-10,13-18,25,27,29H,8,11-12,19H2,1-5H3,(H2,34,38)(H,35,39)(H,36,41). The number of benzene rings is 3. The van der Waals surface area contributed by atoms with Crippen LogP contribution in [0.2, 0.25) is 0 Å². The number of hydrogen-bond acceptors (Lipinski definition) is 5. The van der Waals surface area contributed by atoms with Crippen molar-refractivity contribution in [2.45, 2.75) is 84.0 Å². The normalized spacial score (nSPS) is 14.8. The van der Waals surface area contributed by atoms with E-state index in [1.165, 1.54) is 4.90 Å². The summed E-state index contributed by atoms with van der Waals surface area (Å²) in [6.45, 7) is 8.93. The first-order chi connectivity index (χ1) is 19.8. The number of alkyl carbamates (subject to hydrolysis) is 1. The molecule has 3 aromatic carbocycles. The van der Waals surface area contributed by atoms with Crippen LogP contribution in [0.1, 0.15) is 69.2 Å². The molecule has 4 amide bonds. The third-order valence-corrected chi connectivity index (χ3v) is 7.39. The number of fused-ring (bicyclic) bond motifs is 1. The van der Waals surface area contributed by atoms with Crippen molar-refractivity contribution in [3.63, 3.8) is 0 Å². The van der Waals surface area contributed by atoms with Crippen LogP contribution in [0.4, 0.5) is 10.5 Å². The SMILES string of the molecule is Cc1ccc(C)c(C(C(=O)Nc2ccc3ccccc3c2)N(C(=O)C(CC(N)=O)NC(=O)OC(C)(C)C)C2CCC2)c1. The summed E-state index contributed by atoms with van der Waals surface area (Å²) in [4.78, 5) is 54.9. The van der Waals surface area contributed by atoms with E-state index in [4.69, 9.17) is 10.5 Å². The van der Waals surface area contributed by atoms with Gasteiger partial charge in [0, 0.05) is 11.7 Å². The molecule has 0 bridgehead atoms. The molecule has 9 heteroatoms. The molecule has 0 heterocycles. The molecule has 3 aromatic rings. The molecular formula is C33H40N4O5. The highest BCUT2D eigenvalue weighted by Crippen LogP contribution is 2.36. The first-order valence-electron chi connectivity index (χ1n) is 14.3. The Labute approximate surface area is 246 Å². The molecule has 0 saturated heterocycles. The Kier molecular flexibility index (Phi) is 9.19. The fourth-order valence-corrected chi connectivity index (χ4v) is 5.16. The van der Waals surface area contributed by atoms with Crippen LogP contribution in [0.3, 0.4) is 0 Å². The smallest absolute Gasteiger partial charge is 0.408 e. The molecule has 0 radical (unpaired) electrons. The van der Waals surface area contributed by atoms with E-state index in [2.05, 4.69) is 10.6 Å². The Balaban J connectivity index is 1.76. The zero-order valence-electron chi connectivity index (χ0n) is 24.9. The Morgan fingerprint density at radius 1 is 0.976 bits per heavy atom. The Bertz CT molecular complexity index is 1490. The molecule has 0 aromatic heterocycles. The molecular weight excluding hydrogens is 532 g/mol. The Morgan fingerprint density at radius 3 is 2.29 bits per heavy atom. The van der Waals surface area contributed by atoms with Crippen molar-refractivity contribution < 1.29 is 23.9 Å². The third-order valence-electron chi connectivity index (χ3n) is 7.39. The summed E-state index contributed by atoms with van der Waals surface area (Å²) in [5.41, 5.74) is 7.72. The Hall–Kier alpha value is -4.40. The van der Waals surface area contributed by atoms with Crippen molar-refractivity contribution in [1.82, 2.24) is 10.2 Å². The second-order valence-electron chi connectivity index (χ2n) is 12.0. The highest BCUT2D eigenvalue weighted by Gasteiger charge is 2.43. The minimum Gasteiger partial charge on any atom is -0.444 e. The van der Waals surface area contributed by atoms with E-state index in [0.29, 0.717) is 24.1 Å². The van der Waals surface area contributed by atoms with Gasteiger partial charge in [-0.15, -0.1) is 0 Å². The lowest BCUT2D eigenvalue weighted by Gasteiger charge is -2.44. The molecule has 2 unspecified atom stereocenters. The summed E-state index contributed by atoms with van der Waals surface area (Å²) in [6, 6.07) is 16.7. The van der Waals surface area contributed by atoms with E-state index in [1.54, 1.807) is 20.8 Å². The van der Waals surface area contributed by atoms with E-state index in [-0.39, 0.29) is 6.04 Å². The van der Waals surface area contributed by atoms with Crippen molar-refractivity contribution in [1.29, 1.82) is 0 Å². The maximum Gasteiger partial charge on any atom is 0.408 e. The lowest BCUT2D eigenvalue weighted by atomic mass is 9.86. The number of nitrogens with one attached hydrogen (secondary N) is 2. The van der Waals surface area contributed by atoms with Crippen LogP contribution < -0.4 is 16.4 Å². The van der Waals surface area contributed by atoms with Gasteiger partial charge in [-0.25, -0.2) is 4.79 Å². The van der Waals surface area contributed by atoms with Crippen molar-refractivity contribution >= 4 is 40.3 Å². The van der Waals surface area contributed by atoms with Gasteiger partial charge in [-0.1, -0.05) is 54.1 Å². The summed E-state index contributed by atoms with van der Waals surface area (Å²) in [5.74, 6) is -1.72. The number of carbonyl (C=O) groups is 4. The van der Waals surface area contributed by atoms with E-state index in [0.717, 1.165) is 28.3 Å². The average molecular weight is 573 g/mol. The van der Waals surface area contributed by atoms with Crippen molar-refractivity contribution in [2.24, 2.45) is 5.73 Å². The van der Waals surface area contributed by atoms with Crippen molar-refractivity contribution in [3.8, 4) is 0 Å². The Morgan fingerprint density at radius 2 is 1.67 bits per heavy atom. The fraction of sp³-hybridized carbons (Fsp3) is 0.394. The highest BCUT2D eigenvalue weighted by molar-refractivity contribution is 6.01. The minimum atomic E-state index is -1.31. The maximum absolute atomic E-state index is 14.3. The van der Waals surface area contributed by atoms with Gasteiger partial charge >= 0.3 is 6.09 Å². The lowest BCUT2D eigenvalue weighted by Crippen LogP contribution is -2.57. The third kappa shape index (κ3) is 7.46. The van der Waals surface area contributed by atoms with Gasteiger partial charge < -0.3 is 26.0 Å². The van der Waals surface area contributed by atoms with Crippen molar-refractivity contribution in [3.05, 3.63) is 77.4 Å². The predicted octanol–water partition coefficient (Wildman–Crippen LogP) is 5.29. The quantitative estimate of drug-likeness (QED) is 0.321. The number of hydrogen-bond donors (Lipinski definition) is 3. The van der Waals surface area contributed by atoms with Gasteiger partial charge in [-0.05, 0) is 87.9 Å². The van der Waals surface area contributed by atoms with E-state index in [9.17, 15) is 19.2 Å². The van der Waals surface area contributed by atoms with E-state index >= 15 is 0 Å². The van der Waals surface area contributed by atoms with Crippen LogP contribution in [0.25, 0.3) is 10.8 Å². The molecule has 0 aliphatic heterocycles. The molecule has 2 atom stereocenters. The summed E-state index contributed by atoms with van der Waals surface area (Å²) >= 11 is 0. The van der Waals surface area contributed by atoms with Crippen LogP contribution in [-0.4, -0.2) is 46.4 Å². The number of anilines is 1. The summed E-state index contributed by atoms with van der Waals surface area (Å²) in [5, 5.41) is 7.58. The second-order valence-corrected chi connectivity index (χ2v) is 12.0. The molecule has 4 N–H and O–H groups in total. The van der Waals surface area contributed by atoms with Gasteiger partial charge in [-0.3, -0.25) is 14.4 Å². The van der Waals surface area contributed by atoms with E-state index < -0.39 is 47.9 Å². The number of ether oxygens (including phenoxy) is 1. The monoisotopic (exact) mass is 572 g/mol. The van der Waals surface area contributed by atoms with Gasteiger partial charge in [0.15, 0.2) is 0 Å². The summed E-state index contributed by atoms with van der Waals surface area (Å²) in [7, 11) is 0. The van der Waals surface area contributed by atoms with Crippen LogP contribution in [0.15, 0.2) is 60.7 Å². The van der Waals surface area contributed by atoms with Gasteiger partial charge in [0.1, 0.15) is 17.7 Å². The largest absolute Gasteiger partial charge is 0.444 e. The number of aryl methyl sites for hydroxylation is 2.